The molecule has 1 unspecified atom stereocenters. The Balaban J connectivity index is 2.07. The SMILES string of the molecule is O=C(O)CC1CCCN1c1nncs1. The number of carboxylic acid groups (broad SMARTS) is 1. The first-order valence-corrected chi connectivity index (χ1v) is 5.40. The van der Waals surface area contributed by atoms with E-state index in [1.807, 2.05) is 4.90 Å². The van der Waals surface area contributed by atoms with Crippen LogP contribution in [-0.4, -0.2) is 33.9 Å². The molecule has 0 aromatic carbocycles. The van der Waals surface area contributed by atoms with E-state index in [0.29, 0.717) is 0 Å². The zero-order valence-electron chi connectivity index (χ0n) is 7.59. The van der Waals surface area contributed by atoms with Gasteiger partial charge >= 0.3 is 5.97 Å². The van der Waals surface area contributed by atoms with Gasteiger partial charge in [0.2, 0.25) is 5.13 Å². The van der Waals surface area contributed by atoms with Crippen molar-refractivity contribution in [1.29, 1.82) is 0 Å². The number of aliphatic carboxylic acids is 1. The summed E-state index contributed by atoms with van der Waals surface area (Å²) in [5.41, 5.74) is 1.67. The molecule has 2 rings (SSSR count). The number of carbonyl (C=O) groups is 1. The van der Waals surface area contributed by atoms with E-state index in [0.717, 1.165) is 24.5 Å². The van der Waals surface area contributed by atoms with Crippen molar-refractivity contribution in [3.63, 3.8) is 0 Å². The zero-order valence-corrected chi connectivity index (χ0v) is 8.40. The van der Waals surface area contributed by atoms with E-state index in [-0.39, 0.29) is 12.5 Å². The molecule has 1 fully saturated rings. The van der Waals surface area contributed by atoms with E-state index in [1.54, 1.807) is 5.51 Å². The summed E-state index contributed by atoms with van der Waals surface area (Å²) >= 11 is 1.46. The van der Waals surface area contributed by atoms with E-state index in [1.165, 1.54) is 11.3 Å². The summed E-state index contributed by atoms with van der Waals surface area (Å²) < 4.78 is 0. The van der Waals surface area contributed by atoms with Crippen molar-refractivity contribution < 1.29 is 9.90 Å². The second-order valence-corrected chi connectivity index (χ2v) is 4.12. The first kappa shape index (κ1) is 9.39. The van der Waals surface area contributed by atoms with E-state index in [9.17, 15) is 4.79 Å². The van der Waals surface area contributed by atoms with Crippen LogP contribution in [0.1, 0.15) is 19.3 Å². The van der Waals surface area contributed by atoms with Crippen molar-refractivity contribution in [2.24, 2.45) is 0 Å². The highest BCUT2D eigenvalue weighted by molar-refractivity contribution is 7.13. The Bertz CT molecular complexity index is 314. The molecule has 1 saturated heterocycles. The van der Waals surface area contributed by atoms with Crippen LogP contribution in [-0.2, 0) is 4.79 Å². The number of aromatic nitrogens is 2. The molecule has 0 amide bonds. The molecule has 0 radical (unpaired) electrons. The summed E-state index contributed by atoms with van der Waals surface area (Å²) in [6.07, 6.45) is 2.17. The van der Waals surface area contributed by atoms with Crippen molar-refractivity contribution in [2.75, 3.05) is 11.4 Å². The number of rotatable bonds is 3. The Labute approximate surface area is 85.4 Å². The van der Waals surface area contributed by atoms with E-state index in [2.05, 4.69) is 10.2 Å². The molecular formula is C8H11N3O2S. The molecule has 6 heteroatoms. The maximum absolute atomic E-state index is 10.6. The summed E-state index contributed by atoms with van der Waals surface area (Å²) in [7, 11) is 0. The minimum Gasteiger partial charge on any atom is -0.481 e. The molecule has 1 aromatic heterocycles. The van der Waals surface area contributed by atoms with Gasteiger partial charge in [-0.1, -0.05) is 11.3 Å². The second kappa shape index (κ2) is 3.91. The molecular weight excluding hydrogens is 202 g/mol. The van der Waals surface area contributed by atoms with Crippen LogP contribution >= 0.6 is 11.3 Å². The molecule has 1 aromatic rings. The van der Waals surface area contributed by atoms with Crippen molar-refractivity contribution in [2.45, 2.75) is 25.3 Å². The van der Waals surface area contributed by atoms with Crippen LogP contribution in [0.15, 0.2) is 5.51 Å². The topological polar surface area (TPSA) is 66.3 Å². The highest BCUT2D eigenvalue weighted by Gasteiger charge is 2.28. The Kier molecular flexibility index (Phi) is 2.62. The maximum Gasteiger partial charge on any atom is 0.305 e. The lowest BCUT2D eigenvalue weighted by molar-refractivity contribution is -0.137. The first-order chi connectivity index (χ1) is 6.77. The predicted molar refractivity (Wildman–Crippen MR) is 52.5 cm³/mol. The molecule has 1 N–H and O–H groups in total. The fourth-order valence-electron chi connectivity index (χ4n) is 1.79. The van der Waals surface area contributed by atoms with Gasteiger partial charge in [-0.05, 0) is 12.8 Å². The minimum absolute atomic E-state index is 0.0976. The van der Waals surface area contributed by atoms with E-state index >= 15 is 0 Å². The van der Waals surface area contributed by atoms with Gasteiger partial charge in [-0.3, -0.25) is 4.79 Å². The van der Waals surface area contributed by atoms with Gasteiger partial charge in [0, 0.05) is 12.6 Å². The van der Waals surface area contributed by atoms with E-state index < -0.39 is 5.97 Å². The standard InChI is InChI=1S/C8H11N3O2S/c12-7(13)4-6-2-1-3-11(6)8-10-9-5-14-8/h5-6H,1-4H2,(H,12,13). The molecule has 0 aliphatic carbocycles. The quantitative estimate of drug-likeness (QED) is 0.810. The Hall–Kier alpha value is -1.17. The lowest BCUT2D eigenvalue weighted by atomic mass is 10.1. The number of anilines is 1. The van der Waals surface area contributed by atoms with Crippen LogP contribution < -0.4 is 4.90 Å². The average Bonchev–Trinajstić information content (AvgIpc) is 2.70. The summed E-state index contributed by atoms with van der Waals surface area (Å²) in [6, 6.07) is 0.0976. The molecule has 1 aliphatic heterocycles. The van der Waals surface area contributed by atoms with Gasteiger partial charge in [0.05, 0.1) is 6.42 Å². The maximum atomic E-state index is 10.6. The lowest BCUT2D eigenvalue weighted by Crippen LogP contribution is -2.31. The molecule has 1 aliphatic rings. The molecule has 2 heterocycles. The van der Waals surface area contributed by atoms with Gasteiger partial charge in [0.15, 0.2) is 0 Å². The minimum atomic E-state index is -0.744. The van der Waals surface area contributed by atoms with Gasteiger partial charge in [0.25, 0.3) is 0 Å². The number of nitrogens with zero attached hydrogens (tertiary/aromatic N) is 3. The molecule has 0 spiro atoms. The second-order valence-electron chi connectivity index (χ2n) is 3.31. The van der Waals surface area contributed by atoms with Gasteiger partial charge in [-0.25, -0.2) is 0 Å². The van der Waals surface area contributed by atoms with Crippen molar-refractivity contribution in [3.8, 4) is 0 Å². The average molecular weight is 213 g/mol. The Morgan fingerprint density at radius 2 is 2.64 bits per heavy atom. The summed E-state index contributed by atoms with van der Waals surface area (Å²) in [6.45, 7) is 0.896. The summed E-state index contributed by atoms with van der Waals surface area (Å²) in [5.74, 6) is -0.744. The third kappa shape index (κ3) is 1.84. The third-order valence-electron chi connectivity index (χ3n) is 2.38. The Morgan fingerprint density at radius 1 is 1.79 bits per heavy atom. The van der Waals surface area contributed by atoms with Gasteiger partial charge in [0.1, 0.15) is 5.51 Å². The normalized spacial score (nSPS) is 21.4. The van der Waals surface area contributed by atoms with Crippen molar-refractivity contribution in [1.82, 2.24) is 10.2 Å². The summed E-state index contributed by atoms with van der Waals surface area (Å²) in [4.78, 5) is 12.7. The van der Waals surface area contributed by atoms with Crippen molar-refractivity contribution >= 4 is 22.4 Å². The van der Waals surface area contributed by atoms with Crippen LogP contribution in [0.5, 0.6) is 0 Å². The van der Waals surface area contributed by atoms with Crippen LogP contribution in [0.25, 0.3) is 0 Å². The van der Waals surface area contributed by atoms with Gasteiger partial charge in [-0.15, -0.1) is 10.2 Å². The molecule has 14 heavy (non-hydrogen) atoms. The fourth-order valence-corrected chi connectivity index (χ4v) is 2.45. The van der Waals surface area contributed by atoms with Gasteiger partial charge < -0.3 is 10.0 Å². The number of hydrogen-bond acceptors (Lipinski definition) is 5. The molecule has 5 nitrogen and oxygen atoms in total. The van der Waals surface area contributed by atoms with Crippen LogP contribution in [0, 0.1) is 0 Å². The first-order valence-electron chi connectivity index (χ1n) is 4.52. The lowest BCUT2D eigenvalue weighted by Gasteiger charge is -2.21. The van der Waals surface area contributed by atoms with Gasteiger partial charge in [-0.2, -0.15) is 0 Å². The van der Waals surface area contributed by atoms with E-state index in [4.69, 9.17) is 5.11 Å². The monoisotopic (exact) mass is 213 g/mol. The Morgan fingerprint density at radius 3 is 3.29 bits per heavy atom. The van der Waals surface area contributed by atoms with Crippen LogP contribution in [0.3, 0.4) is 0 Å². The highest BCUT2D eigenvalue weighted by atomic mass is 32.1. The third-order valence-corrected chi connectivity index (χ3v) is 3.11. The number of carboxylic acids is 1. The highest BCUT2D eigenvalue weighted by Crippen LogP contribution is 2.27. The van der Waals surface area contributed by atoms with Crippen molar-refractivity contribution in [3.05, 3.63) is 5.51 Å². The molecule has 1 atom stereocenters. The summed E-state index contributed by atoms with van der Waals surface area (Å²) in [5, 5.41) is 17.3. The smallest absolute Gasteiger partial charge is 0.305 e. The van der Waals surface area contributed by atoms with Crippen LogP contribution in [0.2, 0.25) is 0 Å². The fraction of sp³-hybridized carbons (Fsp3) is 0.625. The molecule has 0 bridgehead atoms. The van der Waals surface area contributed by atoms with Crippen LogP contribution in [0.4, 0.5) is 5.13 Å². The predicted octanol–water partition coefficient (Wildman–Crippen LogP) is 0.982. The molecule has 0 saturated carbocycles. The largest absolute Gasteiger partial charge is 0.481 e. The molecule has 76 valence electrons. The zero-order chi connectivity index (χ0) is 9.97. The number of hydrogen-bond donors (Lipinski definition) is 1.